The number of nitrogens with one attached hydrogen (secondary N) is 1. The average molecular weight is 385 g/mol. The maximum atomic E-state index is 13.5. The molecule has 0 unspecified atom stereocenters. The minimum atomic E-state index is -0.160. The van der Waals surface area contributed by atoms with Crippen molar-refractivity contribution in [3.05, 3.63) is 77.7 Å². The van der Waals surface area contributed by atoms with Crippen LogP contribution in [0.15, 0.2) is 60.8 Å². The van der Waals surface area contributed by atoms with Gasteiger partial charge in [0.05, 0.1) is 0 Å². The molecule has 4 rings (SSSR count). The van der Waals surface area contributed by atoms with E-state index in [4.69, 9.17) is 0 Å². The number of aromatic amines is 1. The third-order valence-corrected chi connectivity index (χ3v) is 5.34. The molecule has 2 nitrogen and oxygen atoms in total. The number of benzene rings is 2. The van der Waals surface area contributed by atoms with E-state index in [2.05, 4.69) is 46.3 Å². The van der Waals surface area contributed by atoms with E-state index in [1.165, 1.54) is 29.2 Å². The molecule has 0 fully saturated rings. The lowest BCUT2D eigenvalue weighted by molar-refractivity contribution is 0.295. The summed E-state index contributed by atoms with van der Waals surface area (Å²) in [6.07, 6.45) is 8.85. The molecule has 1 N–H and O–H groups in total. The molecule has 0 saturated heterocycles. The van der Waals surface area contributed by atoms with Gasteiger partial charge < -0.3 is 4.98 Å². The first-order valence-corrected chi connectivity index (χ1v) is 9.52. The highest BCUT2D eigenvalue weighted by atomic mass is 35.5. The fraction of sp³-hybridized carbons (Fsp3) is 0.304. The standard InChI is InChI=1S/C23H25FN2.ClH/c24-21-9-10-23-22(16-21)20(17-25-23)8-4-5-13-26-14-11-19(12-15-26)18-6-2-1-3-7-18;/h1-3,6-7,9-11,16-17,25H,4-5,8,12-15H2;1H. The summed E-state index contributed by atoms with van der Waals surface area (Å²) < 4.78 is 13.5. The van der Waals surface area contributed by atoms with Gasteiger partial charge in [0.1, 0.15) is 5.82 Å². The average Bonchev–Trinajstić information content (AvgIpc) is 3.08. The van der Waals surface area contributed by atoms with Crippen molar-refractivity contribution in [1.29, 1.82) is 0 Å². The second-order valence-electron chi connectivity index (χ2n) is 7.11. The Labute approximate surface area is 166 Å². The highest BCUT2D eigenvalue weighted by molar-refractivity contribution is 5.85. The first-order valence-electron chi connectivity index (χ1n) is 9.52. The van der Waals surface area contributed by atoms with Crippen LogP contribution in [0.4, 0.5) is 4.39 Å². The van der Waals surface area contributed by atoms with Gasteiger partial charge in [-0.05, 0) is 67.1 Å². The van der Waals surface area contributed by atoms with E-state index in [-0.39, 0.29) is 18.2 Å². The summed E-state index contributed by atoms with van der Waals surface area (Å²) in [7, 11) is 0. The molecule has 27 heavy (non-hydrogen) atoms. The first-order chi connectivity index (χ1) is 12.8. The minimum absolute atomic E-state index is 0. The van der Waals surface area contributed by atoms with Gasteiger partial charge in [-0.15, -0.1) is 12.4 Å². The summed E-state index contributed by atoms with van der Waals surface area (Å²) in [5.41, 5.74) is 5.09. The molecule has 1 aliphatic heterocycles. The van der Waals surface area contributed by atoms with Crippen LogP contribution < -0.4 is 0 Å². The molecule has 0 radical (unpaired) electrons. The Morgan fingerprint density at radius 2 is 1.89 bits per heavy atom. The largest absolute Gasteiger partial charge is 0.361 e. The molecular weight excluding hydrogens is 359 g/mol. The third kappa shape index (κ3) is 4.79. The first kappa shape index (κ1) is 19.7. The van der Waals surface area contributed by atoms with Crippen LogP contribution in [0.5, 0.6) is 0 Å². The van der Waals surface area contributed by atoms with E-state index >= 15 is 0 Å². The molecule has 0 bridgehead atoms. The van der Waals surface area contributed by atoms with Gasteiger partial charge in [-0.1, -0.05) is 36.4 Å². The molecule has 1 aliphatic rings. The second-order valence-corrected chi connectivity index (χ2v) is 7.11. The normalized spacial score (nSPS) is 14.8. The van der Waals surface area contributed by atoms with E-state index in [0.29, 0.717) is 0 Å². The molecule has 2 heterocycles. The van der Waals surface area contributed by atoms with Gasteiger partial charge in [0.2, 0.25) is 0 Å². The summed E-state index contributed by atoms with van der Waals surface area (Å²) >= 11 is 0. The molecule has 142 valence electrons. The van der Waals surface area contributed by atoms with E-state index in [9.17, 15) is 4.39 Å². The van der Waals surface area contributed by atoms with Crippen molar-refractivity contribution in [2.45, 2.75) is 25.7 Å². The second kappa shape index (κ2) is 9.20. The van der Waals surface area contributed by atoms with Crippen LogP contribution in [0.1, 0.15) is 30.4 Å². The number of halogens is 2. The van der Waals surface area contributed by atoms with Crippen molar-refractivity contribution in [1.82, 2.24) is 9.88 Å². The fourth-order valence-electron chi connectivity index (χ4n) is 3.84. The molecule has 4 heteroatoms. The Balaban J connectivity index is 0.00000210. The number of unbranched alkanes of at least 4 members (excludes halogenated alkanes) is 1. The van der Waals surface area contributed by atoms with E-state index in [0.717, 1.165) is 49.8 Å². The van der Waals surface area contributed by atoms with Gasteiger partial charge in [-0.25, -0.2) is 4.39 Å². The molecule has 1 aromatic heterocycles. The van der Waals surface area contributed by atoms with Gasteiger partial charge in [-0.2, -0.15) is 0 Å². The summed E-state index contributed by atoms with van der Waals surface area (Å²) in [5, 5.41) is 1.03. The zero-order valence-electron chi connectivity index (χ0n) is 15.5. The van der Waals surface area contributed by atoms with Crippen molar-refractivity contribution in [3.8, 4) is 0 Å². The molecular formula is C23H26ClFN2. The molecule has 0 amide bonds. The van der Waals surface area contributed by atoms with Gasteiger partial charge in [0, 0.05) is 30.2 Å². The number of hydrogen-bond acceptors (Lipinski definition) is 1. The van der Waals surface area contributed by atoms with Crippen LogP contribution in [0.2, 0.25) is 0 Å². The van der Waals surface area contributed by atoms with Crippen molar-refractivity contribution in [2.24, 2.45) is 0 Å². The summed E-state index contributed by atoms with van der Waals surface area (Å²) in [6.45, 7) is 3.32. The van der Waals surface area contributed by atoms with Crippen LogP contribution in [-0.2, 0) is 6.42 Å². The Morgan fingerprint density at radius 3 is 2.67 bits per heavy atom. The number of nitrogens with zero attached hydrogens (tertiary/aromatic N) is 1. The van der Waals surface area contributed by atoms with E-state index in [1.807, 2.05) is 12.3 Å². The summed E-state index contributed by atoms with van der Waals surface area (Å²) in [5.74, 6) is -0.160. The van der Waals surface area contributed by atoms with Crippen LogP contribution in [0.3, 0.4) is 0 Å². The van der Waals surface area contributed by atoms with Crippen molar-refractivity contribution in [2.75, 3.05) is 19.6 Å². The van der Waals surface area contributed by atoms with Crippen molar-refractivity contribution < 1.29 is 4.39 Å². The Morgan fingerprint density at radius 1 is 1.04 bits per heavy atom. The van der Waals surface area contributed by atoms with Crippen LogP contribution in [0.25, 0.3) is 16.5 Å². The Hall–Kier alpha value is -2.10. The number of aromatic nitrogens is 1. The molecule has 0 aliphatic carbocycles. The Bertz CT molecular complexity index is 901. The lowest BCUT2D eigenvalue weighted by atomic mass is 9.99. The summed E-state index contributed by atoms with van der Waals surface area (Å²) in [6, 6.07) is 15.7. The van der Waals surface area contributed by atoms with Crippen molar-refractivity contribution >= 4 is 28.9 Å². The smallest absolute Gasteiger partial charge is 0.123 e. The zero-order chi connectivity index (χ0) is 17.8. The Kier molecular flexibility index (Phi) is 6.70. The van der Waals surface area contributed by atoms with Gasteiger partial charge in [-0.3, -0.25) is 4.90 Å². The molecule has 0 saturated carbocycles. The maximum absolute atomic E-state index is 13.5. The van der Waals surface area contributed by atoms with Gasteiger partial charge in [0.15, 0.2) is 0 Å². The fourth-order valence-corrected chi connectivity index (χ4v) is 3.84. The minimum Gasteiger partial charge on any atom is -0.361 e. The molecule has 0 spiro atoms. The molecule has 3 aromatic rings. The monoisotopic (exact) mass is 384 g/mol. The highest BCUT2D eigenvalue weighted by Gasteiger charge is 2.12. The van der Waals surface area contributed by atoms with Gasteiger partial charge >= 0.3 is 0 Å². The topological polar surface area (TPSA) is 19.0 Å². The lowest BCUT2D eigenvalue weighted by Gasteiger charge is -2.26. The van der Waals surface area contributed by atoms with Crippen LogP contribution >= 0.6 is 12.4 Å². The maximum Gasteiger partial charge on any atom is 0.123 e. The predicted molar refractivity (Wildman–Crippen MR) is 114 cm³/mol. The van der Waals surface area contributed by atoms with Crippen molar-refractivity contribution in [3.63, 3.8) is 0 Å². The number of hydrogen-bond donors (Lipinski definition) is 1. The lowest BCUT2D eigenvalue weighted by Crippen LogP contribution is -2.29. The predicted octanol–water partition coefficient (Wildman–Crippen LogP) is 5.84. The molecule has 0 atom stereocenters. The summed E-state index contributed by atoms with van der Waals surface area (Å²) in [4.78, 5) is 5.77. The van der Waals surface area contributed by atoms with Crippen LogP contribution in [0, 0.1) is 5.82 Å². The number of aryl methyl sites for hydroxylation is 1. The van der Waals surface area contributed by atoms with E-state index in [1.54, 1.807) is 6.07 Å². The van der Waals surface area contributed by atoms with E-state index < -0.39 is 0 Å². The number of fused-ring (bicyclic) bond motifs is 1. The highest BCUT2D eigenvalue weighted by Crippen LogP contribution is 2.23. The SMILES string of the molecule is Cl.Fc1ccc2[nH]cc(CCCCN3CC=C(c4ccccc4)CC3)c2c1. The van der Waals surface area contributed by atoms with Gasteiger partial charge in [0.25, 0.3) is 0 Å². The zero-order valence-corrected chi connectivity index (χ0v) is 16.3. The quantitative estimate of drug-likeness (QED) is 0.529. The number of rotatable bonds is 6. The van der Waals surface area contributed by atoms with Crippen LogP contribution in [-0.4, -0.2) is 29.5 Å². The molecule has 2 aromatic carbocycles. The number of H-pyrrole nitrogens is 1. The third-order valence-electron chi connectivity index (χ3n) is 5.34.